The Morgan fingerprint density at radius 2 is 1.32 bits per heavy atom. The predicted molar refractivity (Wildman–Crippen MR) is 105 cm³/mol. The number of hydrogen-bond donors (Lipinski definition) is 0. The van der Waals surface area contributed by atoms with E-state index in [1.807, 2.05) is 85.9 Å². The van der Waals surface area contributed by atoms with Gasteiger partial charge in [-0.1, -0.05) is 54.6 Å². The Balaban J connectivity index is 0.00000210. The third-order valence-corrected chi connectivity index (χ3v) is 4.59. The van der Waals surface area contributed by atoms with Gasteiger partial charge in [-0.15, -0.1) is 0 Å². The minimum absolute atomic E-state index is 0. The summed E-state index contributed by atoms with van der Waals surface area (Å²) >= 11 is 0. The number of rotatable bonds is 4. The molecule has 0 radical (unpaired) electrons. The Morgan fingerprint density at radius 1 is 0.821 bits per heavy atom. The molecule has 0 saturated heterocycles. The molecule has 7 heteroatoms. The van der Waals surface area contributed by atoms with E-state index in [9.17, 15) is 4.57 Å². The number of para-hydroxylation sites is 3. The maximum Gasteiger partial charge on any atom is 1.00 e. The van der Waals surface area contributed by atoms with E-state index in [0.717, 1.165) is 28.1 Å². The molecule has 4 rings (SSSR count). The normalized spacial score (nSPS) is 11.5. The molecular weight excluding hydrogens is 391 g/mol. The van der Waals surface area contributed by atoms with Gasteiger partial charge in [0.25, 0.3) is 0 Å². The standard InChI is InChI=1S/C21H16NO3P.2Na.2H/c1-22-18-13-7-5-11-16(18)20(17-12-6-8-14-19(17)22)21(25-26-23)24-15-9-3-2-4-10-15;;;;/h2-14H,1H3;;;;/q;2*+1;2*-1. The van der Waals surface area contributed by atoms with Gasteiger partial charge < -0.3 is 17.0 Å². The minimum Gasteiger partial charge on any atom is -1.00 e. The molecule has 0 atom stereocenters. The largest absolute Gasteiger partial charge is 1.00 e. The van der Waals surface area contributed by atoms with Crippen molar-refractivity contribution in [2.45, 2.75) is 0 Å². The van der Waals surface area contributed by atoms with Gasteiger partial charge >= 0.3 is 73.7 Å². The van der Waals surface area contributed by atoms with E-state index in [1.165, 1.54) is 0 Å². The van der Waals surface area contributed by atoms with E-state index >= 15 is 0 Å². The van der Waals surface area contributed by atoms with Gasteiger partial charge in [0, 0.05) is 29.5 Å². The van der Waals surface area contributed by atoms with Crippen LogP contribution in [0.5, 0.6) is 5.75 Å². The van der Waals surface area contributed by atoms with Crippen LogP contribution in [0.15, 0.2) is 84.8 Å². The van der Waals surface area contributed by atoms with Crippen molar-refractivity contribution in [3.63, 3.8) is 0 Å². The van der Waals surface area contributed by atoms with Gasteiger partial charge in [0.15, 0.2) is 0 Å². The molecule has 0 aromatic heterocycles. The zero-order valence-electron chi connectivity index (χ0n) is 18.1. The molecular formula is C21H18NNa2O3P. The molecule has 3 aromatic carbocycles. The third-order valence-electron chi connectivity index (χ3n) is 4.35. The van der Waals surface area contributed by atoms with E-state index in [-0.39, 0.29) is 67.9 Å². The topological polar surface area (TPSA) is 38.8 Å². The summed E-state index contributed by atoms with van der Waals surface area (Å²) < 4.78 is 22.7. The summed E-state index contributed by atoms with van der Waals surface area (Å²) in [5.41, 5.74) is 4.76. The quantitative estimate of drug-likeness (QED) is 0.346. The molecule has 132 valence electrons. The molecule has 3 aromatic rings. The van der Waals surface area contributed by atoms with Crippen molar-refractivity contribution < 1.29 is 75.8 Å². The van der Waals surface area contributed by atoms with E-state index in [4.69, 9.17) is 9.26 Å². The van der Waals surface area contributed by atoms with Gasteiger partial charge in [0.05, 0.1) is 5.57 Å². The molecule has 0 saturated carbocycles. The number of nitrogens with zero attached hydrogens (tertiary/aromatic N) is 1. The number of fused-ring (bicyclic) bond motifs is 2. The molecule has 0 spiro atoms. The van der Waals surface area contributed by atoms with Crippen LogP contribution in [0.4, 0.5) is 11.4 Å². The smallest absolute Gasteiger partial charge is 1.00 e. The maximum absolute atomic E-state index is 11.3. The molecule has 1 heterocycles. The zero-order valence-corrected chi connectivity index (χ0v) is 21.0. The van der Waals surface area contributed by atoms with Crippen LogP contribution in [0, 0.1) is 0 Å². The summed E-state index contributed by atoms with van der Waals surface area (Å²) in [7, 11) is 1.56. The third kappa shape index (κ3) is 4.55. The van der Waals surface area contributed by atoms with Crippen LogP contribution in [0.2, 0.25) is 0 Å². The van der Waals surface area contributed by atoms with Crippen molar-refractivity contribution in [2.75, 3.05) is 11.9 Å². The van der Waals surface area contributed by atoms with E-state index < -0.39 is 8.69 Å². The molecule has 0 aliphatic carbocycles. The van der Waals surface area contributed by atoms with E-state index in [2.05, 4.69) is 4.90 Å². The second-order valence-corrected chi connectivity index (χ2v) is 6.17. The monoisotopic (exact) mass is 409 g/mol. The number of benzene rings is 3. The van der Waals surface area contributed by atoms with Gasteiger partial charge in [0.1, 0.15) is 5.75 Å². The Morgan fingerprint density at radius 3 is 1.86 bits per heavy atom. The van der Waals surface area contributed by atoms with Gasteiger partial charge in [0.2, 0.25) is 0 Å². The summed E-state index contributed by atoms with van der Waals surface area (Å²) in [6.45, 7) is 0. The fraction of sp³-hybridized carbons (Fsp3) is 0.0476. The maximum atomic E-state index is 11.3. The summed E-state index contributed by atoms with van der Waals surface area (Å²) in [6, 6.07) is 25.4. The van der Waals surface area contributed by atoms with Crippen molar-refractivity contribution >= 4 is 25.6 Å². The SMILES string of the molecule is CN1c2ccccc2C(=C(OP=O)Oc2ccccc2)c2ccccc21.[H-].[H-].[Na+].[Na+]. The summed E-state index contributed by atoms with van der Waals surface area (Å²) in [4.78, 5) is 2.13. The van der Waals surface area contributed by atoms with Crippen LogP contribution in [0.25, 0.3) is 5.57 Å². The fourth-order valence-electron chi connectivity index (χ4n) is 3.19. The Hall–Kier alpha value is -1.10. The van der Waals surface area contributed by atoms with Crippen LogP contribution < -0.4 is 68.8 Å². The average Bonchev–Trinajstić information content (AvgIpc) is 2.69. The molecule has 0 N–H and O–H groups in total. The van der Waals surface area contributed by atoms with Gasteiger partial charge in [-0.25, -0.2) is 4.57 Å². The van der Waals surface area contributed by atoms with Crippen LogP contribution in [0.1, 0.15) is 14.0 Å². The number of anilines is 2. The van der Waals surface area contributed by atoms with Gasteiger partial charge in [-0.05, 0) is 24.3 Å². The predicted octanol–water partition coefficient (Wildman–Crippen LogP) is 0.0201. The van der Waals surface area contributed by atoms with Crippen LogP contribution >= 0.6 is 8.69 Å². The Labute approximate surface area is 213 Å². The van der Waals surface area contributed by atoms with Crippen LogP contribution in [0.3, 0.4) is 0 Å². The minimum atomic E-state index is -0.469. The molecule has 0 amide bonds. The molecule has 0 bridgehead atoms. The average molecular weight is 409 g/mol. The number of hydrogen-bond acceptors (Lipinski definition) is 4. The van der Waals surface area contributed by atoms with Crippen molar-refractivity contribution in [1.82, 2.24) is 0 Å². The second-order valence-electron chi connectivity index (χ2n) is 5.84. The summed E-state index contributed by atoms with van der Waals surface area (Å²) in [6.07, 6.45) is 0. The number of ether oxygens (including phenoxy) is 1. The van der Waals surface area contributed by atoms with Crippen LogP contribution in [-0.4, -0.2) is 7.05 Å². The molecule has 28 heavy (non-hydrogen) atoms. The molecule has 1 aliphatic heterocycles. The first-order valence-electron chi connectivity index (χ1n) is 8.19. The fourth-order valence-corrected chi connectivity index (χ4v) is 3.39. The van der Waals surface area contributed by atoms with E-state index in [1.54, 1.807) is 0 Å². The summed E-state index contributed by atoms with van der Waals surface area (Å²) in [5.74, 6) is 0.827. The van der Waals surface area contributed by atoms with Crippen molar-refractivity contribution in [3.05, 3.63) is 95.9 Å². The Kier molecular flexibility index (Phi) is 8.79. The molecule has 1 aliphatic rings. The zero-order chi connectivity index (χ0) is 17.9. The Bertz CT molecular complexity index is 957. The van der Waals surface area contributed by atoms with E-state index in [0.29, 0.717) is 5.75 Å². The van der Waals surface area contributed by atoms with Crippen molar-refractivity contribution in [3.8, 4) is 5.75 Å². The van der Waals surface area contributed by atoms with Gasteiger partial charge in [-0.2, -0.15) is 0 Å². The summed E-state index contributed by atoms with van der Waals surface area (Å²) in [5, 5.41) is 0. The van der Waals surface area contributed by atoms with Crippen LogP contribution in [-0.2, 0) is 9.09 Å². The first-order valence-corrected chi connectivity index (χ1v) is 8.92. The first kappa shape index (κ1) is 23.2. The second kappa shape index (κ2) is 10.6. The van der Waals surface area contributed by atoms with Crippen molar-refractivity contribution in [1.29, 1.82) is 0 Å². The molecule has 0 unspecified atom stereocenters. The van der Waals surface area contributed by atoms with Crippen molar-refractivity contribution in [2.24, 2.45) is 0 Å². The van der Waals surface area contributed by atoms with Gasteiger partial charge in [-0.3, -0.25) is 0 Å². The molecule has 0 fully saturated rings. The first-order chi connectivity index (χ1) is 12.8. The molecule has 4 nitrogen and oxygen atoms in total.